The van der Waals surface area contributed by atoms with Crippen LogP contribution in [0.5, 0.6) is 5.88 Å². The molecule has 0 aromatic carbocycles. The van der Waals surface area contributed by atoms with E-state index in [-0.39, 0.29) is 0 Å². The Labute approximate surface area is 86.5 Å². The monoisotopic (exact) mass is 237 g/mol. The van der Waals surface area contributed by atoms with Gasteiger partial charge < -0.3 is 14.8 Å². The number of nitrogens with one attached hydrogen (secondary N) is 1. The van der Waals surface area contributed by atoms with Gasteiger partial charge in [0.15, 0.2) is 0 Å². The summed E-state index contributed by atoms with van der Waals surface area (Å²) >= 11 is 0. The van der Waals surface area contributed by atoms with Crippen molar-refractivity contribution in [2.45, 2.75) is 13.3 Å². The van der Waals surface area contributed by atoms with Gasteiger partial charge in [-0.2, -0.15) is 0 Å². The van der Waals surface area contributed by atoms with Gasteiger partial charge in [0.25, 0.3) is 0 Å². The lowest BCUT2D eigenvalue weighted by Crippen LogP contribution is -2.23. The maximum Gasteiger partial charge on any atom is 0.574 e. The predicted molar refractivity (Wildman–Crippen MR) is 45.4 cm³/mol. The summed E-state index contributed by atoms with van der Waals surface area (Å²) in [4.78, 5) is 23.7. The van der Waals surface area contributed by atoms with Gasteiger partial charge in [0.1, 0.15) is 5.56 Å². The SMILES string of the molecule is Cc1c(OC(F)(F)F)[nH]cc(C(=O)O)c1=O. The maximum atomic E-state index is 11.9. The lowest BCUT2D eigenvalue weighted by molar-refractivity contribution is -0.276. The van der Waals surface area contributed by atoms with Crippen LogP contribution >= 0.6 is 0 Å². The van der Waals surface area contributed by atoms with Crippen LogP contribution in [0.2, 0.25) is 0 Å². The van der Waals surface area contributed by atoms with Gasteiger partial charge in [0.05, 0.1) is 5.56 Å². The molecular weight excluding hydrogens is 231 g/mol. The number of aromatic nitrogens is 1. The molecule has 0 aliphatic carbocycles. The molecular formula is C8H6F3NO4. The smallest absolute Gasteiger partial charge is 0.477 e. The molecule has 0 unspecified atom stereocenters. The van der Waals surface area contributed by atoms with Crippen LogP contribution in [0.4, 0.5) is 13.2 Å². The zero-order chi connectivity index (χ0) is 12.5. The summed E-state index contributed by atoms with van der Waals surface area (Å²) in [7, 11) is 0. The van der Waals surface area contributed by atoms with Crippen molar-refractivity contribution >= 4 is 5.97 Å². The summed E-state index contributed by atoms with van der Waals surface area (Å²) in [6.45, 7) is 1.03. The number of ether oxygens (including phenoxy) is 1. The standard InChI is InChI=1S/C8H6F3NO4/c1-3-5(13)4(7(14)15)2-12-6(3)16-8(9,10)11/h2H,1H3,(H,12,13)(H,14,15). The molecule has 1 rings (SSSR count). The second-order valence-electron chi connectivity index (χ2n) is 2.84. The van der Waals surface area contributed by atoms with E-state index in [9.17, 15) is 22.8 Å². The highest BCUT2D eigenvalue weighted by atomic mass is 19.4. The molecule has 1 aromatic rings. The predicted octanol–water partition coefficient (Wildman–Crippen LogP) is 1.28. The van der Waals surface area contributed by atoms with Crippen LogP contribution in [-0.4, -0.2) is 22.4 Å². The van der Waals surface area contributed by atoms with Crippen molar-refractivity contribution in [2.75, 3.05) is 0 Å². The fourth-order valence-corrected chi connectivity index (χ4v) is 0.997. The summed E-state index contributed by atoms with van der Waals surface area (Å²) < 4.78 is 39.1. The van der Waals surface area contributed by atoms with Gasteiger partial charge in [0, 0.05) is 6.20 Å². The first kappa shape index (κ1) is 12.1. The summed E-state index contributed by atoms with van der Waals surface area (Å²) in [5, 5.41) is 8.53. The Bertz CT molecular complexity index is 477. The highest BCUT2D eigenvalue weighted by molar-refractivity contribution is 5.87. The van der Waals surface area contributed by atoms with Gasteiger partial charge >= 0.3 is 12.3 Å². The first-order valence-corrected chi connectivity index (χ1v) is 3.93. The van der Waals surface area contributed by atoms with Crippen molar-refractivity contribution in [1.29, 1.82) is 0 Å². The Hall–Kier alpha value is -1.99. The summed E-state index contributed by atoms with van der Waals surface area (Å²) in [6, 6.07) is 0. The van der Waals surface area contributed by atoms with Crippen molar-refractivity contribution in [3.8, 4) is 5.88 Å². The van der Waals surface area contributed by atoms with E-state index in [0.29, 0.717) is 6.20 Å². The zero-order valence-electron chi connectivity index (χ0n) is 7.88. The molecule has 0 radical (unpaired) electrons. The Kier molecular flexibility index (Phi) is 2.92. The Balaban J connectivity index is 3.23. The van der Waals surface area contributed by atoms with Crippen LogP contribution < -0.4 is 10.2 Å². The molecule has 0 fully saturated rings. The molecule has 88 valence electrons. The molecule has 16 heavy (non-hydrogen) atoms. The average molecular weight is 237 g/mol. The van der Waals surface area contributed by atoms with E-state index in [1.54, 1.807) is 0 Å². The minimum atomic E-state index is -4.95. The van der Waals surface area contributed by atoms with Crippen LogP contribution in [0.1, 0.15) is 15.9 Å². The quantitative estimate of drug-likeness (QED) is 0.811. The number of rotatable bonds is 2. The number of H-pyrrole nitrogens is 1. The maximum absolute atomic E-state index is 11.9. The number of carbonyl (C=O) groups is 1. The molecule has 1 aromatic heterocycles. The van der Waals surface area contributed by atoms with Crippen molar-refractivity contribution in [2.24, 2.45) is 0 Å². The topological polar surface area (TPSA) is 79.4 Å². The first-order valence-electron chi connectivity index (χ1n) is 3.93. The molecule has 0 spiro atoms. The summed E-state index contributed by atoms with van der Waals surface area (Å²) in [5.74, 6) is -2.34. The number of hydrogen-bond donors (Lipinski definition) is 2. The van der Waals surface area contributed by atoms with E-state index in [1.807, 2.05) is 4.98 Å². The molecule has 1 heterocycles. The van der Waals surface area contributed by atoms with Gasteiger partial charge in [-0.3, -0.25) is 4.79 Å². The molecule has 0 atom stereocenters. The molecule has 0 saturated carbocycles. The molecule has 0 aliphatic heterocycles. The number of alkyl halides is 3. The van der Waals surface area contributed by atoms with E-state index in [4.69, 9.17) is 5.11 Å². The van der Waals surface area contributed by atoms with Gasteiger partial charge in [-0.05, 0) is 6.92 Å². The number of aromatic amines is 1. The highest BCUT2D eigenvalue weighted by Crippen LogP contribution is 2.22. The largest absolute Gasteiger partial charge is 0.574 e. The molecule has 0 saturated heterocycles. The molecule has 8 heteroatoms. The second kappa shape index (κ2) is 3.87. The van der Waals surface area contributed by atoms with E-state index in [2.05, 4.69) is 4.74 Å². The number of carboxylic acid groups (broad SMARTS) is 1. The number of carboxylic acids is 1. The highest BCUT2D eigenvalue weighted by Gasteiger charge is 2.32. The van der Waals surface area contributed by atoms with Crippen molar-refractivity contribution in [3.63, 3.8) is 0 Å². The fraction of sp³-hybridized carbons (Fsp3) is 0.250. The van der Waals surface area contributed by atoms with Gasteiger partial charge in [-0.15, -0.1) is 13.2 Å². The zero-order valence-corrected chi connectivity index (χ0v) is 7.88. The van der Waals surface area contributed by atoms with Crippen LogP contribution in [0, 0.1) is 6.92 Å². The second-order valence-corrected chi connectivity index (χ2v) is 2.84. The normalized spacial score (nSPS) is 11.2. The first-order chi connectivity index (χ1) is 7.22. The van der Waals surface area contributed by atoms with E-state index in [0.717, 1.165) is 6.92 Å². The third-order valence-corrected chi connectivity index (χ3v) is 1.72. The van der Waals surface area contributed by atoms with Crippen LogP contribution in [-0.2, 0) is 0 Å². The summed E-state index contributed by atoms with van der Waals surface area (Å²) in [5.41, 5.74) is -2.12. The third-order valence-electron chi connectivity index (χ3n) is 1.72. The van der Waals surface area contributed by atoms with Gasteiger partial charge in [-0.1, -0.05) is 0 Å². The Morgan fingerprint density at radius 2 is 2.06 bits per heavy atom. The third kappa shape index (κ3) is 2.53. The molecule has 0 amide bonds. The molecule has 5 nitrogen and oxygen atoms in total. The van der Waals surface area contributed by atoms with Gasteiger partial charge in [-0.25, -0.2) is 4.79 Å². The molecule has 0 bridgehead atoms. The molecule has 0 aliphatic rings. The minimum absolute atomic E-state index is 0.447. The van der Waals surface area contributed by atoms with Gasteiger partial charge in [0.2, 0.25) is 11.3 Å². The summed E-state index contributed by atoms with van der Waals surface area (Å²) in [6.07, 6.45) is -4.29. The van der Waals surface area contributed by atoms with E-state index >= 15 is 0 Å². The lowest BCUT2D eigenvalue weighted by Gasteiger charge is -2.10. The number of hydrogen-bond acceptors (Lipinski definition) is 3. The van der Waals surface area contributed by atoms with E-state index < -0.39 is 34.8 Å². The average Bonchev–Trinajstić information content (AvgIpc) is 2.10. The van der Waals surface area contributed by atoms with Crippen molar-refractivity contribution in [3.05, 3.63) is 27.5 Å². The fourth-order valence-electron chi connectivity index (χ4n) is 0.997. The van der Waals surface area contributed by atoms with Crippen molar-refractivity contribution in [1.82, 2.24) is 4.98 Å². The van der Waals surface area contributed by atoms with Crippen LogP contribution in [0.25, 0.3) is 0 Å². The number of halogens is 3. The molecule has 2 N–H and O–H groups in total. The van der Waals surface area contributed by atoms with Crippen molar-refractivity contribution < 1.29 is 27.8 Å². The van der Waals surface area contributed by atoms with E-state index in [1.165, 1.54) is 0 Å². The lowest BCUT2D eigenvalue weighted by atomic mass is 10.2. The number of aromatic carboxylic acids is 1. The minimum Gasteiger partial charge on any atom is -0.477 e. The van der Waals surface area contributed by atoms with Crippen LogP contribution in [0.15, 0.2) is 11.0 Å². The Morgan fingerprint density at radius 3 is 2.50 bits per heavy atom. The number of pyridine rings is 1. The Morgan fingerprint density at radius 1 is 1.50 bits per heavy atom. The van der Waals surface area contributed by atoms with Crippen LogP contribution in [0.3, 0.4) is 0 Å².